The minimum Gasteiger partial charge on any atom is -0.508 e. The first-order valence-corrected chi connectivity index (χ1v) is 6.51. The standard InChI is InChI=1S/C14H16N4O3/c1-9-12(14(21)18-16-9)5-6-13(20)17-15-8-10-3-2-4-11(19)7-10/h2-4,7-8,12,19H,5-6H2,1H3,(H,17,20)(H,18,21)/b15-8-/t12-/m0/s1. The number of aromatic hydroxyl groups is 1. The molecule has 1 atom stereocenters. The molecule has 2 amide bonds. The fraction of sp³-hybridized carbons (Fsp3) is 0.286. The van der Waals surface area contributed by atoms with Crippen LogP contribution in [0.25, 0.3) is 0 Å². The molecule has 0 aliphatic carbocycles. The Hall–Kier alpha value is -2.70. The summed E-state index contributed by atoms with van der Waals surface area (Å²) in [6, 6.07) is 6.50. The smallest absolute Gasteiger partial charge is 0.248 e. The van der Waals surface area contributed by atoms with Gasteiger partial charge in [-0.1, -0.05) is 12.1 Å². The number of amides is 2. The molecule has 7 nitrogen and oxygen atoms in total. The topological polar surface area (TPSA) is 103 Å². The molecule has 21 heavy (non-hydrogen) atoms. The minimum absolute atomic E-state index is 0.132. The number of carbonyl (C=O) groups is 2. The van der Waals surface area contributed by atoms with Gasteiger partial charge in [-0.15, -0.1) is 0 Å². The maximum absolute atomic E-state index is 11.6. The van der Waals surface area contributed by atoms with Gasteiger partial charge in [0.05, 0.1) is 12.1 Å². The summed E-state index contributed by atoms with van der Waals surface area (Å²) < 4.78 is 0. The molecule has 0 spiro atoms. The maximum Gasteiger partial charge on any atom is 0.248 e. The Bertz CT molecular complexity index is 610. The zero-order valence-electron chi connectivity index (χ0n) is 11.5. The van der Waals surface area contributed by atoms with E-state index in [2.05, 4.69) is 21.1 Å². The van der Waals surface area contributed by atoms with E-state index in [0.717, 1.165) is 0 Å². The van der Waals surface area contributed by atoms with Crippen molar-refractivity contribution in [1.82, 2.24) is 10.9 Å². The largest absolute Gasteiger partial charge is 0.508 e. The molecular formula is C14H16N4O3. The van der Waals surface area contributed by atoms with Gasteiger partial charge in [-0.2, -0.15) is 10.2 Å². The Balaban J connectivity index is 1.77. The number of carbonyl (C=O) groups excluding carboxylic acids is 2. The minimum atomic E-state index is -0.342. The fourth-order valence-corrected chi connectivity index (χ4v) is 1.94. The van der Waals surface area contributed by atoms with Crippen LogP contribution in [0, 0.1) is 5.92 Å². The Morgan fingerprint density at radius 1 is 1.57 bits per heavy atom. The van der Waals surface area contributed by atoms with Crippen molar-refractivity contribution in [2.75, 3.05) is 0 Å². The molecule has 1 aromatic carbocycles. The van der Waals surface area contributed by atoms with Gasteiger partial charge in [0.2, 0.25) is 11.8 Å². The summed E-state index contributed by atoms with van der Waals surface area (Å²) in [5.41, 5.74) is 6.12. The first-order valence-electron chi connectivity index (χ1n) is 6.51. The van der Waals surface area contributed by atoms with E-state index in [0.29, 0.717) is 17.7 Å². The Labute approximate surface area is 121 Å². The lowest BCUT2D eigenvalue weighted by molar-refractivity contribution is -0.123. The molecule has 0 unspecified atom stereocenters. The van der Waals surface area contributed by atoms with Crippen LogP contribution in [0.5, 0.6) is 5.75 Å². The number of hydrogen-bond donors (Lipinski definition) is 3. The van der Waals surface area contributed by atoms with Crippen molar-refractivity contribution in [3.05, 3.63) is 29.8 Å². The highest BCUT2D eigenvalue weighted by Gasteiger charge is 2.26. The van der Waals surface area contributed by atoms with E-state index in [4.69, 9.17) is 0 Å². The van der Waals surface area contributed by atoms with Gasteiger partial charge in [0.1, 0.15) is 5.75 Å². The number of rotatable bonds is 5. The SMILES string of the molecule is CC1=NNC(=O)[C@H]1CCC(=O)N/N=C\c1cccc(O)c1. The Morgan fingerprint density at radius 2 is 2.38 bits per heavy atom. The number of phenolic OH excluding ortho intramolecular Hbond substituents is 1. The van der Waals surface area contributed by atoms with Gasteiger partial charge in [0.15, 0.2) is 0 Å². The molecule has 0 saturated carbocycles. The molecule has 3 N–H and O–H groups in total. The van der Waals surface area contributed by atoms with Gasteiger partial charge in [-0.25, -0.2) is 10.9 Å². The van der Waals surface area contributed by atoms with Crippen LogP contribution in [0.4, 0.5) is 0 Å². The van der Waals surface area contributed by atoms with E-state index in [1.807, 2.05) is 0 Å². The lowest BCUT2D eigenvalue weighted by Gasteiger charge is -2.06. The van der Waals surface area contributed by atoms with E-state index < -0.39 is 0 Å². The summed E-state index contributed by atoms with van der Waals surface area (Å²) in [6.45, 7) is 1.75. The number of hydrogen-bond acceptors (Lipinski definition) is 5. The molecular weight excluding hydrogens is 272 g/mol. The van der Waals surface area contributed by atoms with Gasteiger partial charge < -0.3 is 5.11 Å². The second-order valence-corrected chi connectivity index (χ2v) is 4.71. The molecule has 0 radical (unpaired) electrons. The number of benzene rings is 1. The fourth-order valence-electron chi connectivity index (χ4n) is 1.94. The first-order chi connectivity index (χ1) is 10.1. The number of hydrazone groups is 2. The second-order valence-electron chi connectivity index (χ2n) is 4.71. The normalized spacial score (nSPS) is 17.7. The van der Waals surface area contributed by atoms with Crippen molar-refractivity contribution in [3.8, 4) is 5.75 Å². The third-order valence-corrected chi connectivity index (χ3v) is 3.10. The summed E-state index contributed by atoms with van der Waals surface area (Å²) in [4.78, 5) is 23.0. The quantitative estimate of drug-likeness (QED) is 0.550. The van der Waals surface area contributed by atoms with E-state index in [1.165, 1.54) is 12.3 Å². The number of nitrogens with one attached hydrogen (secondary N) is 2. The summed E-state index contributed by atoms with van der Waals surface area (Å²) in [5, 5.41) is 16.9. The van der Waals surface area contributed by atoms with Gasteiger partial charge in [-0.05, 0) is 31.0 Å². The van der Waals surface area contributed by atoms with Crippen LogP contribution in [0.3, 0.4) is 0 Å². The Kier molecular flexibility index (Phi) is 4.65. The van der Waals surface area contributed by atoms with Crippen molar-refractivity contribution < 1.29 is 14.7 Å². The lowest BCUT2D eigenvalue weighted by Crippen LogP contribution is -2.25. The van der Waals surface area contributed by atoms with Crippen molar-refractivity contribution in [3.63, 3.8) is 0 Å². The van der Waals surface area contributed by atoms with Crippen LogP contribution in [0.1, 0.15) is 25.3 Å². The summed E-state index contributed by atoms with van der Waals surface area (Å²) in [7, 11) is 0. The summed E-state index contributed by atoms with van der Waals surface area (Å²) in [6.07, 6.45) is 2.02. The van der Waals surface area contributed by atoms with E-state index >= 15 is 0 Å². The number of phenols is 1. The Morgan fingerprint density at radius 3 is 3.05 bits per heavy atom. The highest BCUT2D eigenvalue weighted by atomic mass is 16.3. The first kappa shape index (κ1) is 14.7. The van der Waals surface area contributed by atoms with E-state index in [1.54, 1.807) is 25.1 Å². The molecule has 1 aliphatic rings. The van der Waals surface area contributed by atoms with Crippen molar-refractivity contribution in [1.29, 1.82) is 0 Å². The van der Waals surface area contributed by atoms with Crippen molar-refractivity contribution in [2.45, 2.75) is 19.8 Å². The molecule has 1 aliphatic heterocycles. The van der Waals surface area contributed by atoms with Crippen LogP contribution in [0.2, 0.25) is 0 Å². The molecule has 0 bridgehead atoms. The van der Waals surface area contributed by atoms with Crippen LogP contribution in [-0.2, 0) is 9.59 Å². The molecule has 1 aromatic rings. The molecule has 0 aromatic heterocycles. The van der Waals surface area contributed by atoms with E-state index in [-0.39, 0.29) is 29.9 Å². The highest BCUT2D eigenvalue weighted by molar-refractivity contribution is 6.07. The van der Waals surface area contributed by atoms with Crippen LogP contribution < -0.4 is 10.9 Å². The predicted octanol–water partition coefficient (Wildman–Crippen LogP) is 0.744. The van der Waals surface area contributed by atoms with Gasteiger partial charge in [-0.3, -0.25) is 9.59 Å². The average Bonchev–Trinajstić information content (AvgIpc) is 2.76. The summed E-state index contributed by atoms with van der Waals surface area (Å²) in [5.74, 6) is -0.666. The van der Waals surface area contributed by atoms with Crippen LogP contribution in [0.15, 0.2) is 34.5 Å². The average molecular weight is 288 g/mol. The predicted molar refractivity (Wildman–Crippen MR) is 77.8 cm³/mol. The molecule has 1 heterocycles. The van der Waals surface area contributed by atoms with Crippen LogP contribution in [-0.4, -0.2) is 28.8 Å². The lowest BCUT2D eigenvalue weighted by atomic mass is 9.99. The second kappa shape index (κ2) is 6.65. The molecule has 0 saturated heterocycles. The third kappa shape index (κ3) is 4.13. The molecule has 7 heteroatoms. The van der Waals surface area contributed by atoms with Gasteiger partial charge >= 0.3 is 0 Å². The van der Waals surface area contributed by atoms with Crippen molar-refractivity contribution in [2.24, 2.45) is 16.1 Å². The molecule has 2 rings (SSSR count). The van der Waals surface area contributed by atoms with Crippen LogP contribution >= 0.6 is 0 Å². The van der Waals surface area contributed by atoms with Gasteiger partial charge in [0, 0.05) is 12.1 Å². The molecule has 0 fully saturated rings. The maximum atomic E-state index is 11.6. The zero-order valence-corrected chi connectivity index (χ0v) is 11.5. The highest BCUT2D eigenvalue weighted by Crippen LogP contribution is 2.13. The van der Waals surface area contributed by atoms with E-state index in [9.17, 15) is 14.7 Å². The van der Waals surface area contributed by atoms with Gasteiger partial charge in [0.25, 0.3) is 0 Å². The summed E-state index contributed by atoms with van der Waals surface area (Å²) >= 11 is 0. The van der Waals surface area contributed by atoms with Crippen molar-refractivity contribution >= 4 is 23.7 Å². The zero-order chi connectivity index (χ0) is 15.2. The molecule has 110 valence electrons. The number of nitrogens with zero attached hydrogens (tertiary/aromatic N) is 2. The monoisotopic (exact) mass is 288 g/mol. The third-order valence-electron chi connectivity index (χ3n) is 3.10.